The highest BCUT2D eigenvalue weighted by atomic mass is 16.2. The molecule has 4 rings (SSSR count). The number of amides is 1. The Morgan fingerprint density at radius 1 is 1.33 bits per heavy atom. The van der Waals surface area contributed by atoms with Crippen LogP contribution in [-0.2, 0) is 11.2 Å². The number of carbonyl (C=O) groups is 1. The molecule has 4 nitrogen and oxygen atoms in total. The number of benzene rings is 1. The fraction of sp³-hybridized carbons (Fsp3) is 0.550. The minimum absolute atomic E-state index is 0.152. The molecule has 128 valence electrons. The zero-order valence-electron chi connectivity index (χ0n) is 14.6. The molecule has 1 aliphatic carbocycles. The number of H-pyrrole nitrogens is 1. The smallest absolute Gasteiger partial charge is 0.237 e. The van der Waals surface area contributed by atoms with E-state index in [1.165, 1.54) is 28.5 Å². The average Bonchev–Trinajstić information content (AvgIpc) is 2.84. The maximum Gasteiger partial charge on any atom is 0.237 e. The SMILES string of the molecule is CC(C)CC1NC(C(=O)NC2CCC2)Cc2c[nH]c3cccc1c23. The van der Waals surface area contributed by atoms with E-state index in [9.17, 15) is 4.79 Å². The molecule has 1 aromatic carbocycles. The van der Waals surface area contributed by atoms with Gasteiger partial charge in [0, 0.05) is 29.2 Å². The third-order valence-electron chi connectivity index (χ3n) is 5.50. The van der Waals surface area contributed by atoms with E-state index in [2.05, 4.69) is 53.9 Å². The fourth-order valence-corrected chi connectivity index (χ4v) is 4.04. The first-order valence-corrected chi connectivity index (χ1v) is 9.27. The van der Waals surface area contributed by atoms with Gasteiger partial charge < -0.3 is 10.3 Å². The van der Waals surface area contributed by atoms with Crippen LogP contribution in [0.2, 0.25) is 0 Å². The van der Waals surface area contributed by atoms with Crippen molar-refractivity contribution in [1.29, 1.82) is 0 Å². The quantitative estimate of drug-likeness (QED) is 0.806. The molecule has 0 spiro atoms. The molecular formula is C20H27N3O. The standard InChI is InChI=1S/C20H27N3O/c1-12(2)9-17-15-7-4-8-16-19(15)13(11-21-16)10-18(23-17)20(24)22-14-5-3-6-14/h4,7-8,11-12,14,17-18,21,23H,3,5-6,9-10H2,1-2H3,(H,22,24). The predicted octanol–water partition coefficient (Wildman–Crippen LogP) is 3.44. The Hall–Kier alpha value is -1.81. The van der Waals surface area contributed by atoms with Gasteiger partial charge in [-0.3, -0.25) is 10.1 Å². The molecule has 2 heterocycles. The van der Waals surface area contributed by atoms with Gasteiger partial charge in [0.15, 0.2) is 0 Å². The van der Waals surface area contributed by atoms with Crippen LogP contribution in [0.25, 0.3) is 10.9 Å². The van der Waals surface area contributed by atoms with Gasteiger partial charge in [0.1, 0.15) is 0 Å². The number of nitrogens with one attached hydrogen (secondary N) is 3. The second-order valence-corrected chi connectivity index (χ2v) is 7.83. The lowest BCUT2D eigenvalue weighted by atomic mass is 9.92. The van der Waals surface area contributed by atoms with Gasteiger partial charge in [-0.15, -0.1) is 0 Å². The number of rotatable bonds is 4. The minimum atomic E-state index is -0.152. The summed E-state index contributed by atoms with van der Waals surface area (Å²) in [6.45, 7) is 4.49. The Morgan fingerprint density at radius 2 is 2.17 bits per heavy atom. The lowest BCUT2D eigenvalue weighted by Gasteiger charge is -2.30. The molecule has 1 amide bonds. The minimum Gasteiger partial charge on any atom is -0.361 e. The summed E-state index contributed by atoms with van der Waals surface area (Å²) in [6, 6.07) is 6.92. The van der Waals surface area contributed by atoms with Crippen molar-refractivity contribution in [2.45, 2.75) is 64.1 Å². The number of aromatic amines is 1. The maximum absolute atomic E-state index is 12.8. The zero-order chi connectivity index (χ0) is 16.7. The van der Waals surface area contributed by atoms with E-state index < -0.39 is 0 Å². The van der Waals surface area contributed by atoms with Gasteiger partial charge in [0.2, 0.25) is 5.91 Å². The van der Waals surface area contributed by atoms with Crippen LogP contribution in [0.5, 0.6) is 0 Å². The van der Waals surface area contributed by atoms with E-state index in [1.54, 1.807) is 0 Å². The highest BCUT2D eigenvalue weighted by Gasteiger charge is 2.31. The fourth-order valence-electron chi connectivity index (χ4n) is 4.04. The zero-order valence-corrected chi connectivity index (χ0v) is 14.6. The summed E-state index contributed by atoms with van der Waals surface area (Å²) in [5.41, 5.74) is 3.77. The molecule has 1 aliphatic heterocycles. The van der Waals surface area contributed by atoms with Crippen LogP contribution < -0.4 is 10.6 Å². The summed E-state index contributed by atoms with van der Waals surface area (Å²) in [4.78, 5) is 16.2. The van der Waals surface area contributed by atoms with Crippen LogP contribution in [0, 0.1) is 5.92 Å². The van der Waals surface area contributed by atoms with Crippen LogP contribution >= 0.6 is 0 Å². The van der Waals surface area contributed by atoms with E-state index >= 15 is 0 Å². The molecule has 3 N–H and O–H groups in total. The van der Waals surface area contributed by atoms with Crippen molar-refractivity contribution in [1.82, 2.24) is 15.6 Å². The molecule has 0 saturated heterocycles. The molecule has 2 aliphatic rings. The third kappa shape index (κ3) is 2.84. The van der Waals surface area contributed by atoms with E-state index in [4.69, 9.17) is 0 Å². The van der Waals surface area contributed by atoms with Crippen LogP contribution in [0.4, 0.5) is 0 Å². The lowest BCUT2D eigenvalue weighted by Crippen LogP contribution is -2.51. The summed E-state index contributed by atoms with van der Waals surface area (Å²) in [6.07, 6.45) is 7.37. The summed E-state index contributed by atoms with van der Waals surface area (Å²) >= 11 is 0. The molecule has 0 bridgehead atoms. The second-order valence-electron chi connectivity index (χ2n) is 7.83. The Kier molecular flexibility index (Phi) is 4.09. The molecule has 1 saturated carbocycles. The largest absolute Gasteiger partial charge is 0.361 e. The van der Waals surface area contributed by atoms with Gasteiger partial charge in [-0.05, 0) is 55.2 Å². The van der Waals surface area contributed by atoms with Crippen LogP contribution in [0.1, 0.15) is 56.7 Å². The Balaban J connectivity index is 1.67. The number of carbonyl (C=O) groups excluding carboxylic acids is 1. The number of aromatic nitrogens is 1. The summed E-state index contributed by atoms with van der Waals surface area (Å²) in [7, 11) is 0. The van der Waals surface area contributed by atoms with Crippen molar-refractivity contribution in [3.8, 4) is 0 Å². The van der Waals surface area contributed by atoms with Crippen molar-refractivity contribution < 1.29 is 4.79 Å². The van der Waals surface area contributed by atoms with Crippen molar-refractivity contribution in [2.24, 2.45) is 5.92 Å². The molecule has 2 atom stereocenters. The highest BCUT2D eigenvalue weighted by Crippen LogP contribution is 2.34. The van der Waals surface area contributed by atoms with E-state index in [0.29, 0.717) is 12.0 Å². The molecule has 0 radical (unpaired) electrons. The summed E-state index contributed by atoms with van der Waals surface area (Å²) < 4.78 is 0. The Bertz CT molecular complexity index is 744. The van der Waals surface area contributed by atoms with Gasteiger partial charge in [-0.1, -0.05) is 26.0 Å². The van der Waals surface area contributed by atoms with Crippen molar-refractivity contribution in [2.75, 3.05) is 0 Å². The molecule has 2 aromatic rings. The van der Waals surface area contributed by atoms with Gasteiger partial charge >= 0.3 is 0 Å². The molecule has 1 fully saturated rings. The highest BCUT2D eigenvalue weighted by molar-refractivity contribution is 5.90. The Labute approximate surface area is 143 Å². The Morgan fingerprint density at radius 3 is 2.88 bits per heavy atom. The number of hydrogen-bond acceptors (Lipinski definition) is 2. The summed E-state index contributed by atoms with van der Waals surface area (Å²) in [5.74, 6) is 0.740. The first-order valence-electron chi connectivity index (χ1n) is 9.27. The van der Waals surface area contributed by atoms with E-state index in [-0.39, 0.29) is 18.0 Å². The summed E-state index contributed by atoms with van der Waals surface area (Å²) in [5, 5.41) is 8.21. The van der Waals surface area contributed by atoms with Gasteiger partial charge in [0.05, 0.1) is 6.04 Å². The van der Waals surface area contributed by atoms with E-state index in [0.717, 1.165) is 25.7 Å². The molecule has 4 heteroatoms. The molecule has 1 aromatic heterocycles. The maximum atomic E-state index is 12.8. The van der Waals surface area contributed by atoms with Crippen LogP contribution in [0.15, 0.2) is 24.4 Å². The number of hydrogen-bond donors (Lipinski definition) is 3. The third-order valence-corrected chi connectivity index (χ3v) is 5.50. The van der Waals surface area contributed by atoms with Gasteiger partial charge in [-0.25, -0.2) is 0 Å². The lowest BCUT2D eigenvalue weighted by molar-refractivity contribution is -0.124. The topological polar surface area (TPSA) is 56.9 Å². The van der Waals surface area contributed by atoms with Crippen molar-refractivity contribution in [3.63, 3.8) is 0 Å². The van der Waals surface area contributed by atoms with Crippen LogP contribution in [-0.4, -0.2) is 23.0 Å². The predicted molar refractivity (Wildman–Crippen MR) is 96.9 cm³/mol. The van der Waals surface area contributed by atoms with E-state index in [1.807, 2.05) is 0 Å². The monoisotopic (exact) mass is 325 g/mol. The first kappa shape index (κ1) is 15.7. The second kappa shape index (κ2) is 6.25. The van der Waals surface area contributed by atoms with Crippen molar-refractivity contribution >= 4 is 16.8 Å². The normalized spacial score (nSPS) is 24.0. The van der Waals surface area contributed by atoms with Crippen molar-refractivity contribution in [3.05, 3.63) is 35.5 Å². The average molecular weight is 325 g/mol. The molecular weight excluding hydrogens is 298 g/mol. The van der Waals surface area contributed by atoms with Gasteiger partial charge in [0.25, 0.3) is 0 Å². The molecule has 24 heavy (non-hydrogen) atoms. The van der Waals surface area contributed by atoms with Gasteiger partial charge in [-0.2, -0.15) is 0 Å². The molecule has 2 unspecified atom stereocenters. The van der Waals surface area contributed by atoms with Crippen LogP contribution in [0.3, 0.4) is 0 Å². The first-order chi connectivity index (χ1) is 11.6.